The van der Waals surface area contributed by atoms with E-state index in [0.717, 1.165) is 17.2 Å². The Bertz CT molecular complexity index is 1060. The number of nitro groups is 1. The average Bonchev–Trinajstić information content (AvgIpc) is 3.16. The van der Waals surface area contributed by atoms with Crippen LogP contribution in [0.2, 0.25) is 5.02 Å². The standard InChI is InChI=1S/C20H17ClN4O4/c1-3-10-24(20(26)15-8-9-16(21)17(11-15)25(27)28)12-18-22-19(23-29-18)14-6-4-13(2)5-7-14/h3-9,11H,1,10,12H2,2H3. The van der Waals surface area contributed by atoms with Gasteiger partial charge in [0.05, 0.1) is 4.92 Å². The Morgan fingerprint density at radius 2 is 2.03 bits per heavy atom. The molecule has 0 aliphatic carbocycles. The Morgan fingerprint density at radius 3 is 2.69 bits per heavy atom. The number of hydrogen-bond donors (Lipinski definition) is 0. The molecule has 29 heavy (non-hydrogen) atoms. The topological polar surface area (TPSA) is 102 Å². The molecule has 0 bridgehead atoms. The van der Waals surface area contributed by atoms with Crippen LogP contribution in [-0.4, -0.2) is 32.4 Å². The van der Waals surface area contributed by atoms with Crippen LogP contribution in [0.4, 0.5) is 5.69 Å². The Kier molecular flexibility index (Phi) is 6.04. The van der Waals surface area contributed by atoms with Crippen molar-refractivity contribution in [2.75, 3.05) is 6.54 Å². The number of aromatic nitrogens is 2. The molecule has 9 heteroatoms. The van der Waals surface area contributed by atoms with Crippen LogP contribution >= 0.6 is 11.6 Å². The molecule has 1 aromatic heterocycles. The van der Waals surface area contributed by atoms with Gasteiger partial charge in [0.25, 0.3) is 11.6 Å². The summed E-state index contributed by atoms with van der Waals surface area (Å²) in [6.45, 7) is 5.85. The third-order valence-electron chi connectivity index (χ3n) is 4.13. The lowest BCUT2D eigenvalue weighted by Crippen LogP contribution is -2.30. The molecule has 0 spiro atoms. The maximum absolute atomic E-state index is 12.9. The summed E-state index contributed by atoms with van der Waals surface area (Å²) in [5, 5.41) is 15.0. The summed E-state index contributed by atoms with van der Waals surface area (Å²) in [4.78, 5) is 29.0. The molecule has 0 N–H and O–H groups in total. The largest absolute Gasteiger partial charge is 0.337 e. The molecule has 0 aliphatic heterocycles. The summed E-state index contributed by atoms with van der Waals surface area (Å²) in [5.41, 5.74) is 1.69. The van der Waals surface area contributed by atoms with E-state index in [1.807, 2.05) is 31.2 Å². The predicted molar refractivity (Wildman–Crippen MR) is 108 cm³/mol. The number of nitrogens with zero attached hydrogens (tertiary/aromatic N) is 4. The van der Waals surface area contributed by atoms with Gasteiger partial charge in [0.1, 0.15) is 11.6 Å². The number of carbonyl (C=O) groups is 1. The van der Waals surface area contributed by atoms with E-state index in [9.17, 15) is 14.9 Å². The van der Waals surface area contributed by atoms with Crippen LogP contribution in [0.3, 0.4) is 0 Å². The first-order valence-corrected chi connectivity index (χ1v) is 9.00. The molecule has 0 atom stereocenters. The van der Waals surface area contributed by atoms with Crippen molar-refractivity contribution < 1.29 is 14.2 Å². The maximum Gasteiger partial charge on any atom is 0.288 e. The van der Waals surface area contributed by atoms with E-state index in [1.54, 1.807) is 6.08 Å². The van der Waals surface area contributed by atoms with Gasteiger partial charge in [-0.25, -0.2) is 0 Å². The lowest BCUT2D eigenvalue weighted by Gasteiger charge is -2.19. The first-order chi connectivity index (χ1) is 13.9. The number of nitro benzene ring substituents is 1. The fourth-order valence-electron chi connectivity index (χ4n) is 2.65. The Hall–Kier alpha value is -3.52. The van der Waals surface area contributed by atoms with E-state index in [1.165, 1.54) is 17.0 Å². The molecule has 3 aromatic rings. The van der Waals surface area contributed by atoms with E-state index >= 15 is 0 Å². The van der Waals surface area contributed by atoms with Gasteiger partial charge in [0, 0.05) is 23.7 Å². The van der Waals surface area contributed by atoms with Gasteiger partial charge in [-0.3, -0.25) is 14.9 Å². The molecule has 148 valence electrons. The van der Waals surface area contributed by atoms with Crippen LogP contribution in [0, 0.1) is 17.0 Å². The molecule has 2 aromatic carbocycles. The number of halogens is 1. The van der Waals surface area contributed by atoms with Crippen molar-refractivity contribution in [3.63, 3.8) is 0 Å². The van der Waals surface area contributed by atoms with E-state index in [2.05, 4.69) is 16.7 Å². The Morgan fingerprint density at radius 1 is 1.31 bits per heavy atom. The van der Waals surface area contributed by atoms with Gasteiger partial charge >= 0.3 is 0 Å². The molecular weight excluding hydrogens is 396 g/mol. The third-order valence-corrected chi connectivity index (χ3v) is 4.45. The molecular formula is C20H17ClN4O4. The van der Waals surface area contributed by atoms with Crippen molar-refractivity contribution >= 4 is 23.2 Å². The van der Waals surface area contributed by atoms with Gasteiger partial charge in [-0.05, 0) is 19.1 Å². The fourth-order valence-corrected chi connectivity index (χ4v) is 2.83. The number of rotatable bonds is 7. The zero-order valence-electron chi connectivity index (χ0n) is 15.5. The number of carbonyl (C=O) groups excluding carboxylic acids is 1. The van der Waals surface area contributed by atoms with Crippen LogP contribution in [0.1, 0.15) is 21.8 Å². The number of benzene rings is 2. The quantitative estimate of drug-likeness (QED) is 0.323. The minimum Gasteiger partial charge on any atom is -0.337 e. The second-order valence-electron chi connectivity index (χ2n) is 6.28. The third kappa shape index (κ3) is 4.67. The minimum absolute atomic E-state index is 0.0279. The van der Waals surface area contributed by atoms with Crippen LogP contribution < -0.4 is 0 Å². The summed E-state index contributed by atoms with van der Waals surface area (Å²) < 4.78 is 5.27. The van der Waals surface area contributed by atoms with Crippen LogP contribution in [0.25, 0.3) is 11.4 Å². The number of hydrogen-bond acceptors (Lipinski definition) is 6. The van der Waals surface area contributed by atoms with E-state index in [0.29, 0.717) is 5.82 Å². The molecule has 8 nitrogen and oxygen atoms in total. The molecule has 0 fully saturated rings. The molecule has 0 unspecified atom stereocenters. The van der Waals surface area contributed by atoms with Gasteiger partial charge < -0.3 is 9.42 Å². The van der Waals surface area contributed by atoms with E-state index in [-0.39, 0.29) is 35.3 Å². The molecule has 0 radical (unpaired) electrons. The second kappa shape index (κ2) is 8.66. The summed E-state index contributed by atoms with van der Waals surface area (Å²) in [7, 11) is 0. The van der Waals surface area contributed by atoms with Gasteiger partial charge in [0.15, 0.2) is 0 Å². The molecule has 0 aliphatic rings. The average molecular weight is 413 g/mol. The van der Waals surface area contributed by atoms with Crippen molar-refractivity contribution in [1.82, 2.24) is 15.0 Å². The molecule has 0 saturated carbocycles. The first-order valence-electron chi connectivity index (χ1n) is 8.62. The fraction of sp³-hybridized carbons (Fsp3) is 0.150. The van der Waals surface area contributed by atoms with Crippen molar-refractivity contribution in [2.45, 2.75) is 13.5 Å². The summed E-state index contributed by atoms with van der Waals surface area (Å²) in [6.07, 6.45) is 1.54. The zero-order valence-corrected chi connectivity index (χ0v) is 16.3. The Labute approximate surface area is 171 Å². The second-order valence-corrected chi connectivity index (χ2v) is 6.68. The maximum atomic E-state index is 12.9. The normalized spacial score (nSPS) is 10.6. The highest BCUT2D eigenvalue weighted by molar-refractivity contribution is 6.32. The van der Waals surface area contributed by atoms with E-state index in [4.69, 9.17) is 16.1 Å². The summed E-state index contributed by atoms with van der Waals surface area (Å²) in [5.74, 6) is 0.201. The van der Waals surface area contributed by atoms with Crippen molar-refractivity contribution in [1.29, 1.82) is 0 Å². The van der Waals surface area contributed by atoms with Crippen LogP contribution in [-0.2, 0) is 6.54 Å². The predicted octanol–water partition coefficient (Wildman–Crippen LogP) is 4.44. The van der Waals surface area contributed by atoms with Gasteiger partial charge in [-0.15, -0.1) is 6.58 Å². The highest BCUT2D eigenvalue weighted by Gasteiger charge is 2.22. The smallest absolute Gasteiger partial charge is 0.288 e. The zero-order chi connectivity index (χ0) is 21.0. The van der Waals surface area contributed by atoms with Crippen LogP contribution in [0.15, 0.2) is 59.6 Å². The van der Waals surface area contributed by atoms with E-state index < -0.39 is 10.8 Å². The van der Waals surface area contributed by atoms with Crippen LogP contribution in [0.5, 0.6) is 0 Å². The monoisotopic (exact) mass is 412 g/mol. The van der Waals surface area contributed by atoms with Gasteiger partial charge in [-0.1, -0.05) is 52.7 Å². The molecule has 1 amide bonds. The van der Waals surface area contributed by atoms with Crippen molar-refractivity contribution in [3.8, 4) is 11.4 Å². The number of aryl methyl sites for hydroxylation is 1. The molecule has 0 saturated heterocycles. The van der Waals surface area contributed by atoms with Gasteiger partial charge in [-0.2, -0.15) is 4.98 Å². The summed E-state index contributed by atoms with van der Waals surface area (Å²) in [6, 6.07) is 11.5. The molecule has 3 rings (SSSR count). The van der Waals surface area contributed by atoms with Crippen molar-refractivity contribution in [3.05, 3.63) is 87.3 Å². The number of amides is 1. The lowest BCUT2D eigenvalue weighted by atomic mass is 10.1. The minimum atomic E-state index is -0.636. The summed E-state index contributed by atoms with van der Waals surface area (Å²) >= 11 is 5.82. The van der Waals surface area contributed by atoms with Crippen molar-refractivity contribution in [2.24, 2.45) is 0 Å². The Balaban J connectivity index is 1.82. The van der Waals surface area contributed by atoms with Gasteiger partial charge in [0.2, 0.25) is 11.7 Å². The SMILES string of the molecule is C=CCN(Cc1nc(-c2ccc(C)cc2)no1)C(=O)c1ccc(Cl)c([N+](=O)[O-])c1. The molecule has 1 heterocycles. The highest BCUT2D eigenvalue weighted by atomic mass is 35.5. The first kappa shape index (κ1) is 20.2. The lowest BCUT2D eigenvalue weighted by molar-refractivity contribution is -0.384. The highest BCUT2D eigenvalue weighted by Crippen LogP contribution is 2.26.